The summed E-state index contributed by atoms with van der Waals surface area (Å²) in [4.78, 5) is 20.9. The molecule has 1 atom stereocenters. The van der Waals surface area contributed by atoms with Gasteiger partial charge in [0.25, 0.3) is 5.91 Å². The van der Waals surface area contributed by atoms with Gasteiger partial charge in [0.15, 0.2) is 12.6 Å². The zero-order valence-electron chi connectivity index (χ0n) is 19.1. The molecule has 2 aromatic rings. The van der Waals surface area contributed by atoms with E-state index < -0.39 is 0 Å². The quantitative estimate of drug-likeness (QED) is 0.230. The van der Waals surface area contributed by atoms with Gasteiger partial charge in [-0.1, -0.05) is 42.5 Å². The lowest BCUT2D eigenvalue weighted by atomic mass is 10.1. The van der Waals surface area contributed by atoms with Crippen LogP contribution in [-0.4, -0.2) is 63.2 Å². The Kier molecular flexibility index (Phi) is 9.80. The van der Waals surface area contributed by atoms with E-state index in [4.69, 9.17) is 9.47 Å². The fraction of sp³-hybridized carbons (Fsp3) is 0.440. The Morgan fingerprint density at radius 2 is 1.97 bits per heavy atom. The number of hydrogen-bond donors (Lipinski definition) is 1. The molecule has 1 amide bonds. The number of ether oxygens (including phenoxy) is 2. The Morgan fingerprint density at radius 3 is 2.79 bits per heavy atom. The molecule has 0 aromatic heterocycles. The number of guanidine groups is 1. The monoisotopic (exact) mass is 564 g/mol. The van der Waals surface area contributed by atoms with Gasteiger partial charge in [0.2, 0.25) is 0 Å². The maximum Gasteiger partial charge on any atom is 0.265 e. The zero-order chi connectivity index (χ0) is 22.2. The molecule has 1 unspecified atom stereocenters. The number of anilines is 1. The number of carbonyl (C=O) groups excluding carboxylic acids is 1. The predicted octanol–water partition coefficient (Wildman–Crippen LogP) is 3.53. The Balaban J connectivity index is 0.00000306. The first kappa shape index (κ1) is 25.3. The standard InChI is InChI=1S/C25H32N4O3.HI/c1-26-25(28-15-12-21(16-28)18-31-17-20-8-3-2-4-9-20)27-13-7-14-29-22-10-5-6-11-23(22)32-19-24(29)30;/h2-6,8-11,21H,7,12-19H2,1H3,(H,26,27);1H. The van der Waals surface area contributed by atoms with Crippen LogP contribution >= 0.6 is 24.0 Å². The summed E-state index contributed by atoms with van der Waals surface area (Å²) >= 11 is 0. The molecule has 33 heavy (non-hydrogen) atoms. The molecule has 0 aliphatic carbocycles. The summed E-state index contributed by atoms with van der Waals surface area (Å²) in [7, 11) is 1.82. The van der Waals surface area contributed by atoms with Crippen molar-refractivity contribution in [3.05, 3.63) is 60.2 Å². The summed E-state index contributed by atoms with van der Waals surface area (Å²) in [6, 6.07) is 18.0. The van der Waals surface area contributed by atoms with Crippen molar-refractivity contribution < 1.29 is 14.3 Å². The van der Waals surface area contributed by atoms with Gasteiger partial charge in [-0.15, -0.1) is 24.0 Å². The Hall–Kier alpha value is -2.33. The van der Waals surface area contributed by atoms with Crippen molar-refractivity contribution in [2.75, 3.05) is 51.3 Å². The van der Waals surface area contributed by atoms with E-state index in [2.05, 4.69) is 27.3 Å². The number of likely N-dealkylation sites (tertiary alicyclic amines) is 1. The minimum Gasteiger partial charge on any atom is -0.482 e. The average Bonchev–Trinajstić information content (AvgIpc) is 3.29. The first-order valence-electron chi connectivity index (χ1n) is 11.3. The van der Waals surface area contributed by atoms with Crippen molar-refractivity contribution in [1.29, 1.82) is 0 Å². The second-order valence-corrected chi connectivity index (χ2v) is 8.23. The Morgan fingerprint density at radius 1 is 1.18 bits per heavy atom. The normalized spacial score (nSPS) is 17.9. The molecule has 0 saturated carbocycles. The number of hydrogen-bond acceptors (Lipinski definition) is 4. The third kappa shape index (κ3) is 6.83. The molecule has 8 heteroatoms. The van der Waals surface area contributed by atoms with Crippen LogP contribution in [-0.2, 0) is 16.1 Å². The van der Waals surface area contributed by atoms with Gasteiger partial charge in [-0.2, -0.15) is 0 Å². The highest BCUT2D eigenvalue weighted by Gasteiger charge is 2.26. The van der Waals surface area contributed by atoms with E-state index >= 15 is 0 Å². The van der Waals surface area contributed by atoms with Crippen molar-refractivity contribution in [2.45, 2.75) is 19.4 Å². The van der Waals surface area contributed by atoms with E-state index in [9.17, 15) is 4.79 Å². The number of rotatable bonds is 8. The molecule has 1 saturated heterocycles. The van der Waals surface area contributed by atoms with Gasteiger partial charge in [-0.3, -0.25) is 9.79 Å². The van der Waals surface area contributed by atoms with Crippen molar-refractivity contribution in [3.63, 3.8) is 0 Å². The topological polar surface area (TPSA) is 66.4 Å². The second kappa shape index (κ2) is 12.8. The van der Waals surface area contributed by atoms with Gasteiger partial charge in [-0.05, 0) is 30.5 Å². The van der Waals surface area contributed by atoms with Gasteiger partial charge in [0.1, 0.15) is 5.75 Å². The molecule has 7 nitrogen and oxygen atoms in total. The van der Waals surface area contributed by atoms with Crippen LogP contribution in [0.4, 0.5) is 5.69 Å². The maximum atomic E-state index is 12.3. The highest BCUT2D eigenvalue weighted by atomic mass is 127. The number of nitrogens with one attached hydrogen (secondary N) is 1. The molecular weight excluding hydrogens is 531 g/mol. The van der Waals surface area contributed by atoms with Crippen LogP contribution < -0.4 is 15.0 Å². The van der Waals surface area contributed by atoms with Gasteiger partial charge in [0.05, 0.1) is 18.9 Å². The molecule has 2 heterocycles. The lowest BCUT2D eigenvalue weighted by molar-refractivity contribution is -0.121. The average molecular weight is 564 g/mol. The third-order valence-electron chi connectivity index (χ3n) is 5.91. The maximum absolute atomic E-state index is 12.3. The minimum absolute atomic E-state index is 0. The van der Waals surface area contributed by atoms with E-state index in [1.807, 2.05) is 54.4 Å². The van der Waals surface area contributed by atoms with Crippen molar-refractivity contribution in [1.82, 2.24) is 10.2 Å². The van der Waals surface area contributed by atoms with Crippen LogP contribution in [0.2, 0.25) is 0 Å². The summed E-state index contributed by atoms with van der Waals surface area (Å²) in [6.45, 7) is 4.87. The number of carbonyl (C=O) groups is 1. The van der Waals surface area contributed by atoms with Crippen LogP contribution in [0.5, 0.6) is 5.75 Å². The largest absolute Gasteiger partial charge is 0.482 e. The molecule has 2 aliphatic rings. The van der Waals surface area contributed by atoms with Crippen LogP contribution in [0, 0.1) is 5.92 Å². The molecule has 2 aromatic carbocycles. The SMILES string of the molecule is CN=C(NCCCN1C(=O)COc2ccccc21)N1CCC(COCc2ccccc2)C1.I. The minimum atomic E-state index is 0. The lowest BCUT2D eigenvalue weighted by Gasteiger charge is -2.29. The van der Waals surface area contributed by atoms with E-state index in [-0.39, 0.29) is 36.5 Å². The summed E-state index contributed by atoms with van der Waals surface area (Å²) < 4.78 is 11.5. The zero-order valence-corrected chi connectivity index (χ0v) is 21.4. The van der Waals surface area contributed by atoms with E-state index in [0.29, 0.717) is 19.1 Å². The van der Waals surface area contributed by atoms with E-state index in [0.717, 1.165) is 56.5 Å². The summed E-state index contributed by atoms with van der Waals surface area (Å²) in [6.07, 6.45) is 1.94. The summed E-state index contributed by atoms with van der Waals surface area (Å²) in [5.74, 6) is 2.21. The molecule has 178 valence electrons. The number of amides is 1. The number of halogens is 1. The van der Waals surface area contributed by atoms with Crippen LogP contribution in [0.25, 0.3) is 0 Å². The third-order valence-corrected chi connectivity index (χ3v) is 5.91. The number of benzene rings is 2. The first-order chi connectivity index (χ1) is 15.7. The van der Waals surface area contributed by atoms with E-state index in [1.54, 1.807) is 0 Å². The van der Waals surface area contributed by atoms with Gasteiger partial charge in [0, 0.05) is 39.1 Å². The molecule has 1 N–H and O–H groups in total. The molecule has 0 spiro atoms. The number of aliphatic imine (C=N–C) groups is 1. The molecule has 4 rings (SSSR count). The van der Waals surface area contributed by atoms with Crippen molar-refractivity contribution in [2.24, 2.45) is 10.9 Å². The van der Waals surface area contributed by atoms with Crippen molar-refractivity contribution >= 4 is 41.5 Å². The summed E-state index contributed by atoms with van der Waals surface area (Å²) in [5, 5.41) is 3.46. The molecular formula is C25H33IN4O3. The fourth-order valence-corrected chi connectivity index (χ4v) is 4.25. The van der Waals surface area contributed by atoms with Gasteiger partial charge < -0.3 is 24.6 Å². The Bertz CT molecular complexity index is 925. The molecule has 2 aliphatic heterocycles. The van der Waals surface area contributed by atoms with E-state index in [1.165, 1.54) is 5.56 Å². The van der Waals surface area contributed by atoms with Crippen LogP contribution in [0.1, 0.15) is 18.4 Å². The Labute approximate surface area is 213 Å². The highest BCUT2D eigenvalue weighted by molar-refractivity contribution is 14.0. The van der Waals surface area contributed by atoms with Crippen molar-refractivity contribution in [3.8, 4) is 5.75 Å². The smallest absolute Gasteiger partial charge is 0.265 e. The predicted molar refractivity (Wildman–Crippen MR) is 141 cm³/mol. The van der Waals surface area contributed by atoms with Gasteiger partial charge in [-0.25, -0.2) is 0 Å². The molecule has 0 bridgehead atoms. The second-order valence-electron chi connectivity index (χ2n) is 8.23. The van der Waals surface area contributed by atoms with Gasteiger partial charge >= 0.3 is 0 Å². The highest BCUT2D eigenvalue weighted by Crippen LogP contribution is 2.31. The number of nitrogens with zero attached hydrogens (tertiary/aromatic N) is 3. The fourth-order valence-electron chi connectivity index (χ4n) is 4.25. The lowest BCUT2D eigenvalue weighted by Crippen LogP contribution is -2.43. The van der Waals surface area contributed by atoms with Crippen LogP contribution in [0.15, 0.2) is 59.6 Å². The first-order valence-corrected chi connectivity index (χ1v) is 11.3. The number of fused-ring (bicyclic) bond motifs is 1. The summed E-state index contributed by atoms with van der Waals surface area (Å²) in [5.41, 5.74) is 2.06. The van der Waals surface area contributed by atoms with Crippen LogP contribution in [0.3, 0.4) is 0 Å². The molecule has 0 radical (unpaired) electrons. The number of para-hydroxylation sites is 2. The molecule has 1 fully saturated rings.